The number of carbonyl (C=O) groups excluding carboxylic acids is 2. The maximum absolute atomic E-state index is 14.2. The van der Waals surface area contributed by atoms with E-state index in [0.29, 0.717) is 11.3 Å². The number of ether oxygens (including phenoxy) is 1. The minimum Gasteiger partial charge on any atom is -0.497 e. The SMILES string of the molecule is CNC(=O)C(Cc1ccccc1)N(Cc1cccc(OC)c1)C(=O)CN(c1ccc(F)cc1)S(=O)(=O)c1ccccc1. The van der Waals surface area contributed by atoms with Crippen molar-refractivity contribution in [2.24, 2.45) is 0 Å². The summed E-state index contributed by atoms with van der Waals surface area (Å²) in [6.45, 7) is -0.626. The zero-order valence-corrected chi connectivity index (χ0v) is 24.1. The van der Waals surface area contributed by atoms with E-state index < -0.39 is 40.2 Å². The van der Waals surface area contributed by atoms with Crippen molar-refractivity contribution in [2.45, 2.75) is 23.9 Å². The molecule has 0 saturated carbocycles. The number of nitrogens with zero attached hydrogens (tertiary/aromatic N) is 2. The van der Waals surface area contributed by atoms with Crippen molar-refractivity contribution in [3.63, 3.8) is 0 Å². The number of halogens is 1. The van der Waals surface area contributed by atoms with Gasteiger partial charge in [0.1, 0.15) is 24.2 Å². The van der Waals surface area contributed by atoms with Crippen LogP contribution in [0, 0.1) is 5.82 Å². The fourth-order valence-corrected chi connectivity index (χ4v) is 5.98. The third-order valence-corrected chi connectivity index (χ3v) is 8.52. The molecule has 4 aromatic carbocycles. The average molecular weight is 590 g/mol. The fourth-order valence-electron chi connectivity index (χ4n) is 4.54. The van der Waals surface area contributed by atoms with Crippen LogP contribution in [-0.4, -0.2) is 51.9 Å². The lowest BCUT2D eigenvalue weighted by molar-refractivity contribution is -0.139. The van der Waals surface area contributed by atoms with Crippen LogP contribution in [0.1, 0.15) is 11.1 Å². The van der Waals surface area contributed by atoms with E-state index in [1.165, 1.54) is 43.3 Å². The first-order valence-electron chi connectivity index (χ1n) is 13.2. The standard InChI is InChI=1S/C32H32FN3O5S/c1-34-32(38)30(21-24-10-5-3-6-11-24)35(22-25-12-9-13-28(20-25)41-2)31(37)23-36(27-18-16-26(33)17-19-27)42(39,40)29-14-7-4-8-15-29/h3-20,30H,21-23H2,1-2H3,(H,34,38). The van der Waals surface area contributed by atoms with Crippen LogP contribution in [0.5, 0.6) is 5.75 Å². The van der Waals surface area contributed by atoms with E-state index in [2.05, 4.69) is 5.32 Å². The summed E-state index contributed by atoms with van der Waals surface area (Å²) >= 11 is 0. The smallest absolute Gasteiger partial charge is 0.264 e. The highest BCUT2D eigenvalue weighted by atomic mass is 32.2. The predicted octanol–water partition coefficient (Wildman–Crippen LogP) is 4.42. The number of nitrogens with one attached hydrogen (secondary N) is 1. The molecule has 0 aliphatic carbocycles. The van der Waals surface area contributed by atoms with Crippen LogP contribution >= 0.6 is 0 Å². The first-order valence-corrected chi connectivity index (χ1v) is 14.7. The number of rotatable bonds is 12. The van der Waals surface area contributed by atoms with Crippen molar-refractivity contribution in [3.8, 4) is 5.75 Å². The Hall–Kier alpha value is -4.70. The van der Waals surface area contributed by atoms with Gasteiger partial charge < -0.3 is 15.0 Å². The summed E-state index contributed by atoms with van der Waals surface area (Å²) in [4.78, 5) is 28.8. The highest BCUT2D eigenvalue weighted by Crippen LogP contribution is 2.25. The van der Waals surface area contributed by atoms with Gasteiger partial charge in [0.05, 0.1) is 17.7 Å². The number of hydrogen-bond donors (Lipinski definition) is 1. The Bertz CT molecular complexity index is 1600. The van der Waals surface area contributed by atoms with Gasteiger partial charge in [-0.15, -0.1) is 0 Å². The second-order valence-corrected chi connectivity index (χ2v) is 11.4. The average Bonchev–Trinajstić information content (AvgIpc) is 3.02. The molecule has 4 rings (SSSR count). The molecule has 0 aliphatic rings. The van der Waals surface area contributed by atoms with Gasteiger partial charge in [-0.1, -0.05) is 60.7 Å². The lowest BCUT2D eigenvalue weighted by Crippen LogP contribution is -2.53. The molecule has 0 spiro atoms. The Labute approximate surface area is 245 Å². The molecule has 1 atom stereocenters. The third-order valence-electron chi connectivity index (χ3n) is 6.73. The predicted molar refractivity (Wildman–Crippen MR) is 159 cm³/mol. The number of carbonyl (C=O) groups is 2. The van der Waals surface area contributed by atoms with Crippen LogP contribution in [0.15, 0.2) is 114 Å². The lowest BCUT2D eigenvalue weighted by Gasteiger charge is -2.33. The molecule has 8 nitrogen and oxygen atoms in total. The summed E-state index contributed by atoms with van der Waals surface area (Å²) in [5, 5.41) is 2.65. The molecule has 0 aliphatic heterocycles. The van der Waals surface area contributed by atoms with E-state index in [1.807, 2.05) is 30.3 Å². The summed E-state index contributed by atoms with van der Waals surface area (Å²) in [6, 6.07) is 27.9. The van der Waals surface area contributed by atoms with Crippen LogP contribution in [-0.2, 0) is 32.6 Å². The Morgan fingerprint density at radius 1 is 0.857 bits per heavy atom. The first-order chi connectivity index (χ1) is 20.2. The molecule has 1 unspecified atom stereocenters. The number of amides is 2. The van der Waals surface area contributed by atoms with E-state index in [0.717, 1.165) is 22.0 Å². The van der Waals surface area contributed by atoms with Gasteiger partial charge in [0.25, 0.3) is 10.0 Å². The quantitative estimate of drug-likeness (QED) is 0.264. The lowest BCUT2D eigenvalue weighted by atomic mass is 10.0. The van der Waals surface area contributed by atoms with Crippen LogP contribution < -0.4 is 14.4 Å². The topological polar surface area (TPSA) is 96.0 Å². The van der Waals surface area contributed by atoms with Crippen LogP contribution in [0.3, 0.4) is 0 Å². The Balaban J connectivity index is 1.78. The van der Waals surface area contributed by atoms with Crippen molar-refractivity contribution in [1.29, 1.82) is 0 Å². The normalized spacial score (nSPS) is 11.8. The Morgan fingerprint density at radius 3 is 2.10 bits per heavy atom. The molecular formula is C32H32FN3O5S. The molecule has 0 aromatic heterocycles. The van der Waals surface area contributed by atoms with Crippen molar-refractivity contribution >= 4 is 27.5 Å². The summed E-state index contributed by atoms with van der Waals surface area (Å²) in [5.74, 6) is -1.01. The Kier molecular flexibility index (Phi) is 9.93. The van der Waals surface area contributed by atoms with Gasteiger partial charge in [0.2, 0.25) is 11.8 Å². The first kappa shape index (κ1) is 30.3. The van der Waals surface area contributed by atoms with Gasteiger partial charge in [0.15, 0.2) is 0 Å². The van der Waals surface area contributed by atoms with Crippen molar-refractivity contribution in [2.75, 3.05) is 25.0 Å². The number of likely N-dealkylation sites (N-methyl/N-ethyl adjacent to an activating group) is 1. The second-order valence-electron chi connectivity index (χ2n) is 9.49. The molecule has 0 saturated heterocycles. The van der Waals surface area contributed by atoms with E-state index in [9.17, 15) is 22.4 Å². The largest absolute Gasteiger partial charge is 0.497 e. The maximum atomic E-state index is 14.2. The number of anilines is 1. The van der Waals surface area contributed by atoms with E-state index in [1.54, 1.807) is 42.5 Å². The minimum atomic E-state index is -4.25. The molecule has 4 aromatic rings. The number of hydrogen-bond acceptors (Lipinski definition) is 5. The number of benzene rings is 4. The van der Waals surface area contributed by atoms with Gasteiger partial charge >= 0.3 is 0 Å². The molecule has 2 amide bonds. The minimum absolute atomic E-state index is 0.00357. The molecule has 10 heteroatoms. The van der Waals surface area contributed by atoms with Crippen molar-refractivity contribution in [1.82, 2.24) is 10.2 Å². The fraction of sp³-hybridized carbons (Fsp3) is 0.188. The van der Waals surface area contributed by atoms with Gasteiger partial charge in [0, 0.05) is 20.0 Å². The zero-order valence-electron chi connectivity index (χ0n) is 23.3. The zero-order chi connectivity index (χ0) is 30.1. The van der Waals surface area contributed by atoms with Gasteiger partial charge in [-0.05, 0) is 59.7 Å². The monoisotopic (exact) mass is 589 g/mol. The third kappa shape index (κ3) is 7.32. The van der Waals surface area contributed by atoms with Crippen molar-refractivity contribution < 1.29 is 27.1 Å². The summed E-state index contributed by atoms with van der Waals surface area (Å²) in [7, 11) is -1.23. The van der Waals surface area contributed by atoms with Crippen LogP contribution in [0.2, 0.25) is 0 Å². The summed E-state index contributed by atoms with van der Waals surface area (Å²) < 4.78 is 47.8. The summed E-state index contributed by atoms with van der Waals surface area (Å²) in [6.07, 6.45) is 0.193. The second kappa shape index (κ2) is 13.8. The highest BCUT2D eigenvalue weighted by molar-refractivity contribution is 7.92. The number of sulfonamides is 1. The van der Waals surface area contributed by atoms with E-state index >= 15 is 0 Å². The van der Waals surface area contributed by atoms with Gasteiger partial charge in [-0.3, -0.25) is 13.9 Å². The molecule has 0 radical (unpaired) electrons. The highest BCUT2D eigenvalue weighted by Gasteiger charge is 2.34. The molecule has 42 heavy (non-hydrogen) atoms. The van der Waals surface area contributed by atoms with Crippen molar-refractivity contribution in [3.05, 3.63) is 126 Å². The molecule has 0 fully saturated rings. The molecular weight excluding hydrogens is 557 g/mol. The van der Waals surface area contributed by atoms with E-state index in [-0.39, 0.29) is 23.5 Å². The van der Waals surface area contributed by atoms with Crippen LogP contribution in [0.25, 0.3) is 0 Å². The van der Waals surface area contributed by atoms with Gasteiger partial charge in [-0.2, -0.15) is 0 Å². The molecule has 0 heterocycles. The molecule has 1 N–H and O–H groups in total. The molecule has 0 bridgehead atoms. The van der Waals surface area contributed by atoms with E-state index in [4.69, 9.17) is 4.74 Å². The summed E-state index contributed by atoms with van der Waals surface area (Å²) in [5.41, 5.74) is 1.61. The molecule has 218 valence electrons. The Morgan fingerprint density at radius 2 is 1.48 bits per heavy atom. The van der Waals surface area contributed by atoms with Crippen LogP contribution in [0.4, 0.5) is 10.1 Å². The maximum Gasteiger partial charge on any atom is 0.264 e. The number of methoxy groups -OCH3 is 1. The van der Waals surface area contributed by atoms with Gasteiger partial charge in [-0.25, -0.2) is 12.8 Å².